The molecule has 12 aromatic rings. The first-order chi connectivity index (χ1) is 40.1. The molecule has 8 aromatic heterocycles. The van der Waals surface area contributed by atoms with E-state index >= 15 is 0 Å². The van der Waals surface area contributed by atoms with Crippen molar-refractivity contribution in [3.63, 3.8) is 0 Å². The van der Waals surface area contributed by atoms with Gasteiger partial charge in [-0.1, -0.05) is 71.7 Å². The van der Waals surface area contributed by atoms with Crippen LogP contribution in [-0.2, 0) is 11.5 Å². The lowest BCUT2D eigenvalue weighted by Gasteiger charge is -2.35. The van der Waals surface area contributed by atoms with Gasteiger partial charge in [0.05, 0.1) is 63.3 Å². The van der Waals surface area contributed by atoms with Gasteiger partial charge in [-0.25, -0.2) is 24.7 Å². The van der Waals surface area contributed by atoms with E-state index < -0.39 is 0 Å². The maximum absolute atomic E-state index is 14.0. The Morgan fingerprint density at radius 1 is 0.598 bits per heavy atom. The Morgan fingerprint density at radius 3 is 1.84 bits per heavy atom. The summed E-state index contributed by atoms with van der Waals surface area (Å²) in [6, 6.07) is 35.3. The normalized spacial score (nSPS) is 14.6. The molecule has 14 rings (SSSR count). The summed E-state index contributed by atoms with van der Waals surface area (Å²) in [5.74, 6) is 1.26. The number of urea groups is 1. The number of halogens is 2. The lowest BCUT2D eigenvalue weighted by atomic mass is 9.96. The minimum atomic E-state index is -0.223. The summed E-state index contributed by atoms with van der Waals surface area (Å²) in [5.41, 5.74) is 14.0. The molecule has 82 heavy (non-hydrogen) atoms. The van der Waals surface area contributed by atoms with Crippen molar-refractivity contribution in [2.45, 2.75) is 19.5 Å². The molecule has 2 saturated heterocycles. The minimum Gasteiger partial charge on any atom is -0.337 e. The van der Waals surface area contributed by atoms with Crippen molar-refractivity contribution in [3.05, 3.63) is 156 Å². The molecule has 2 aliphatic heterocycles. The Labute approximate surface area is 478 Å². The van der Waals surface area contributed by atoms with Crippen molar-refractivity contribution in [2.24, 2.45) is 5.92 Å². The smallest absolute Gasteiger partial charge is 0.321 e. The van der Waals surface area contributed by atoms with Crippen LogP contribution in [0.1, 0.15) is 12.8 Å². The summed E-state index contributed by atoms with van der Waals surface area (Å²) in [7, 11) is 2.08. The first kappa shape index (κ1) is 50.8. The van der Waals surface area contributed by atoms with Gasteiger partial charge in [-0.2, -0.15) is 10.2 Å². The van der Waals surface area contributed by atoms with Gasteiger partial charge in [-0.3, -0.25) is 29.9 Å². The molecule has 19 nitrogen and oxygen atoms in total. The summed E-state index contributed by atoms with van der Waals surface area (Å²) in [4.78, 5) is 66.1. The van der Waals surface area contributed by atoms with Crippen LogP contribution in [0.2, 0.25) is 10.0 Å². The topological polar surface area (TPSA) is 223 Å². The number of carbonyl (C=O) groups excluding carboxylic acids is 2. The Bertz CT molecular complexity index is 4440. The van der Waals surface area contributed by atoms with E-state index in [0.717, 1.165) is 103 Å². The maximum Gasteiger partial charge on any atom is 0.321 e. The van der Waals surface area contributed by atoms with E-state index in [9.17, 15) is 9.59 Å². The highest BCUT2D eigenvalue weighted by Gasteiger charge is 2.27. The summed E-state index contributed by atoms with van der Waals surface area (Å²) in [6.45, 7) is 4.41. The number of rotatable bonds is 11. The summed E-state index contributed by atoms with van der Waals surface area (Å²) < 4.78 is 2.20. The Kier molecular flexibility index (Phi) is 13.2. The van der Waals surface area contributed by atoms with Crippen LogP contribution >= 0.6 is 23.2 Å². The lowest BCUT2D eigenvalue weighted by Crippen LogP contribution is -2.50. The van der Waals surface area contributed by atoms with Gasteiger partial charge in [0.15, 0.2) is 22.9 Å². The third kappa shape index (κ3) is 9.82. The number of imidazole rings is 2. The molecular formula is C61H51Cl2N17O2. The van der Waals surface area contributed by atoms with Crippen molar-refractivity contribution in [3.8, 4) is 67.5 Å². The first-order valence-electron chi connectivity index (χ1n) is 27.0. The molecule has 3 amide bonds. The number of likely N-dealkylation sites (tertiary alicyclic amines) is 1. The van der Waals surface area contributed by atoms with Gasteiger partial charge in [0.1, 0.15) is 11.4 Å². The van der Waals surface area contributed by atoms with Crippen LogP contribution in [-0.4, -0.2) is 133 Å². The van der Waals surface area contributed by atoms with Crippen LogP contribution in [0.25, 0.3) is 112 Å². The molecule has 0 unspecified atom stereocenters. The molecular weight excluding hydrogens is 1070 g/mol. The number of pyridine rings is 4. The van der Waals surface area contributed by atoms with Crippen LogP contribution in [0.15, 0.2) is 146 Å². The second kappa shape index (κ2) is 21.2. The number of piperazine rings is 1. The number of anilines is 2. The molecule has 5 N–H and O–H groups in total. The average molecular weight is 1130 g/mol. The predicted octanol–water partition coefficient (Wildman–Crippen LogP) is 11.6. The number of aromatic nitrogens is 12. The SMILES string of the molecule is CN1CCC(C(=O)Nc2cncc(-c3cnc4n[nH]c(-c5nc6c(-c7cccc(Cl)c7)cccc6n5CN5CCN(C(=O)Nc6cncc(-c7cnc8n[nH]c(-c9nc%10c(-c%11cccc(Cl)c%11)cccc%10[nH]9)c8c7)c6)CC5)c4c3)c2)CC1. The Balaban J connectivity index is 0.699. The zero-order valence-corrected chi connectivity index (χ0v) is 45.7. The van der Waals surface area contributed by atoms with Gasteiger partial charge >= 0.3 is 6.03 Å². The largest absolute Gasteiger partial charge is 0.337 e. The highest BCUT2D eigenvalue weighted by molar-refractivity contribution is 6.31. The fraction of sp³-hybridized carbons (Fsp3) is 0.180. The quantitative estimate of drug-likeness (QED) is 0.0816. The van der Waals surface area contributed by atoms with Gasteiger partial charge in [0.25, 0.3) is 0 Å². The number of nitrogens with zero attached hydrogens (tertiary/aromatic N) is 12. The average Bonchev–Trinajstić information content (AvgIpc) is 4.51. The van der Waals surface area contributed by atoms with Crippen molar-refractivity contribution in [2.75, 3.05) is 56.9 Å². The van der Waals surface area contributed by atoms with Crippen molar-refractivity contribution >= 4 is 90.6 Å². The van der Waals surface area contributed by atoms with Crippen LogP contribution in [0.3, 0.4) is 0 Å². The lowest BCUT2D eigenvalue weighted by molar-refractivity contribution is -0.121. The minimum absolute atomic E-state index is 0.0124. The standard InChI is InChI=1S/C61H51Cl2N17O2/c1-77-16-14-35(15-17-77)60(81)68-44-24-38(28-64-32-44)41-27-49-55(74-76-57(49)67-31-41)59-72-53-47(37-7-3-9-43(63)23-37)11-5-13-51(53)80(59)34-78-18-20-79(21-19-78)61(82)69-45-25-39(29-65-33-45)40-26-48-54(73-75-56(48)66-30-40)58-70-50-12-4-10-46(52(50)71-58)36-6-2-8-42(62)22-36/h2-13,22-33,35H,14-21,34H2,1H3,(H,68,81)(H,69,82)(H,70,71)(H,66,73,75)(H,67,74,76). The molecule has 406 valence electrons. The van der Waals surface area contributed by atoms with Crippen molar-refractivity contribution in [1.82, 2.24) is 74.5 Å². The first-order valence-corrected chi connectivity index (χ1v) is 27.8. The molecule has 0 aliphatic carbocycles. The van der Waals surface area contributed by atoms with E-state index in [1.807, 2.05) is 102 Å². The van der Waals surface area contributed by atoms with E-state index in [2.05, 4.69) is 84.5 Å². The number of para-hydroxylation sites is 2. The molecule has 0 atom stereocenters. The number of fused-ring (bicyclic) bond motifs is 4. The van der Waals surface area contributed by atoms with E-state index in [0.29, 0.717) is 88.6 Å². The molecule has 0 saturated carbocycles. The molecule has 2 aliphatic rings. The number of hydrogen-bond donors (Lipinski definition) is 5. The summed E-state index contributed by atoms with van der Waals surface area (Å²) in [6.07, 6.45) is 12.0. The number of H-pyrrole nitrogens is 3. The van der Waals surface area contributed by atoms with Crippen LogP contribution in [0.5, 0.6) is 0 Å². The number of benzene rings is 4. The fourth-order valence-corrected chi connectivity index (χ4v) is 11.6. The van der Waals surface area contributed by atoms with E-state index in [1.165, 1.54) is 0 Å². The van der Waals surface area contributed by atoms with Gasteiger partial charge < -0.3 is 30.0 Å². The Hall–Kier alpha value is -9.40. The number of amides is 3. The maximum atomic E-state index is 14.0. The van der Waals surface area contributed by atoms with Crippen molar-refractivity contribution in [1.29, 1.82) is 0 Å². The summed E-state index contributed by atoms with van der Waals surface area (Å²) in [5, 5.41) is 24.6. The van der Waals surface area contributed by atoms with Gasteiger partial charge in [-0.15, -0.1) is 0 Å². The molecule has 0 bridgehead atoms. The molecule has 0 radical (unpaired) electrons. The van der Waals surface area contributed by atoms with Gasteiger partial charge in [-0.05, 0) is 105 Å². The monoisotopic (exact) mass is 1120 g/mol. The van der Waals surface area contributed by atoms with Crippen LogP contribution in [0.4, 0.5) is 16.2 Å². The molecule has 10 heterocycles. The van der Waals surface area contributed by atoms with Gasteiger partial charge in [0.2, 0.25) is 5.91 Å². The van der Waals surface area contributed by atoms with Gasteiger partial charge in [0, 0.05) is 100 Å². The molecule has 0 spiro atoms. The second-order valence-electron chi connectivity index (χ2n) is 20.9. The number of nitrogens with one attached hydrogen (secondary N) is 5. The zero-order valence-electron chi connectivity index (χ0n) is 44.2. The molecule has 4 aromatic carbocycles. The third-order valence-corrected chi connectivity index (χ3v) is 16.1. The highest BCUT2D eigenvalue weighted by Crippen LogP contribution is 2.38. The number of carbonyl (C=O) groups is 2. The van der Waals surface area contributed by atoms with E-state index in [1.54, 1.807) is 37.2 Å². The Morgan fingerprint density at radius 2 is 1.18 bits per heavy atom. The van der Waals surface area contributed by atoms with Crippen LogP contribution < -0.4 is 10.6 Å². The third-order valence-electron chi connectivity index (χ3n) is 15.6. The molecule has 2 fully saturated rings. The van der Waals surface area contributed by atoms with Crippen molar-refractivity contribution < 1.29 is 9.59 Å². The number of hydrogen-bond acceptors (Lipinski definition) is 12. The fourth-order valence-electron chi connectivity index (χ4n) is 11.2. The zero-order chi connectivity index (χ0) is 55.4. The number of piperidine rings is 1. The highest BCUT2D eigenvalue weighted by atomic mass is 35.5. The van der Waals surface area contributed by atoms with E-state index in [4.69, 9.17) is 38.2 Å². The molecule has 21 heteroatoms. The second-order valence-corrected chi connectivity index (χ2v) is 21.8. The predicted molar refractivity (Wildman–Crippen MR) is 320 cm³/mol. The van der Waals surface area contributed by atoms with Crippen LogP contribution in [0, 0.1) is 5.92 Å². The van der Waals surface area contributed by atoms with E-state index in [-0.39, 0.29) is 17.9 Å². The number of aromatic amines is 3. The summed E-state index contributed by atoms with van der Waals surface area (Å²) >= 11 is 12.9.